The van der Waals surface area contributed by atoms with Crippen LogP contribution >= 0.6 is 0 Å². The fourth-order valence-electron chi connectivity index (χ4n) is 3.12. The predicted molar refractivity (Wildman–Crippen MR) is 71.7 cm³/mol. The van der Waals surface area contributed by atoms with Crippen molar-refractivity contribution >= 4 is 11.9 Å². The number of nitrogens with one attached hydrogen (secondary N) is 1. The second-order valence-corrected chi connectivity index (χ2v) is 5.91. The standard InChI is InChI=1S/C14H24N2O3/c1-10-8-16(9-12(10)14(18)19)13(17)6-5-11-4-2-3-7-15-11/h10-12,15H,2-9H2,1H3,(H,18,19). The summed E-state index contributed by atoms with van der Waals surface area (Å²) in [5.74, 6) is -0.995. The summed E-state index contributed by atoms with van der Waals surface area (Å²) in [4.78, 5) is 24.9. The Bertz CT molecular complexity index is 340. The quantitative estimate of drug-likeness (QED) is 0.800. The van der Waals surface area contributed by atoms with E-state index in [9.17, 15) is 9.59 Å². The topological polar surface area (TPSA) is 69.6 Å². The third kappa shape index (κ3) is 3.69. The van der Waals surface area contributed by atoms with E-state index in [1.165, 1.54) is 12.8 Å². The Morgan fingerprint density at radius 1 is 1.32 bits per heavy atom. The van der Waals surface area contributed by atoms with Crippen molar-refractivity contribution in [3.05, 3.63) is 0 Å². The molecule has 2 heterocycles. The number of carbonyl (C=O) groups is 2. The van der Waals surface area contributed by atoms with E-state index in [2.05, 4.69) is 5.32 Å². The van der Waals surface area contributed by atoms with Gasteiger partial charge in [-0.15, -0.1) is 0 Å². The summed E-state index contributed by atoms with van der Waals surface area (Å²) in [5, 5.41) is 12.5. The van der Waals surface area contributed by atoms with Gasteiger partial charge in [-0.2, -0.15) is 0 Å². The van der Waals surface area contributed by atoms with Crippen molar-refractivity contribution in [2.24, 2.45) is 11.8 Å². The van der Waals surface area contributed by atoms with Crippen molar-refractivity contribution in [3.63, 3.8) is 0 Å². The molecule has 108 valence electrons. The molecule has 0 radical (unpaired) electrons. The molecule has 0 bridgehead atoms. The minimum absolute atomic E-state index is 0.0641. The van der Waals surface area contributed by atoms with Gasteiger partial charge in [0.15, 0.2) is 0 Å². The van der Waals surface area contributed by atoms with Gasteiger partial charge in [0.05, 0.1) is 5.92 Å². The Labute approximate surface area is 114 Å². The van der Waals surface area contributed by atoms with E-state index in [1.54, 1.807) is 4.90 Å². The van der Waals surface area contributed by atoms with Gasteiger partial charge in [-0.05, 0) is 31.7 Å². The Morgan fingerprint density at radius 2 is 2.11 bits per heavy atom. The maximum absolute atomic E-state index is 12.1. The molecule has 2 fully saturated rings. The largest absolute Gasteiger partial charge is 0.481 e. The normalized spacial score (nSPS) is 31.4. The van der Waals surface area contributed by atoms with Crippen LogP contribution in [0.5, 0.6) is 0 Å². The molecule has 0 aromatic rings. The van der Waals surface area contributed by atoms with Crippen molar-refractivity contribution in [3.8, 4) is 0 Å². The first-order chi connectivity index (χ1) is 9.08. The van der Waals surface area contributed by atoms with E-state index >= 15 is 0 Å². The molecule has 0 saturated carbocycles. The second-order valence-electron chi connectivity index (χ2n) is 5.91. The summed E-state index contributed by atoms with van der Waals surface area (Å²) in [5.41, 5.74) is 0. The molecule has 2 aliphatic heterocycles. The minimum Gasteiger partial charge on any atom is -0.481 e. The Morgan fingerprint density at radius 3 is 2.68 bits per heavy atom. The van der Waals surface area contributed by atoms with E-state index in [4.69, 9.17) is 5.11 Å². The van der Waals surface area contributed by atoms with Crippen molar-refractivity contribution in [2.45, 2.75) is 45.1 Å². The molecule has 2 rings (SSSR count). The van der Waals surface area contributed by atoms with Crippen LogP contribution in [0.2, 0.25) is 0 Å². The zero-order chi connectivity index (χ0) is 13.8. The van der Waals surface area contributed by atoms with Crippen LogP contribution < -0.4 is 5.32 Å². The number of rotatable bonds is 4. The SMILES string of the molecule is CC1CN(C(=O)CCC2CCCCN2)CC1C(=O)O. The molecule has 19 heavy (non-hydrogen) atoms. The molecule has 2 saturated heterocycles. The molecule has 5 nitrogen and oxygen atoms in total. The predicted octanol–water partition coefficient (Wildman–Crippen LogP) is 1.09. The molecule has 2 aliphatic rings. The van der Waals surface area contributed by atoms with Crippen molar-refractivity contribution < 1.29 is 14.7 Å². The van der Waals surface area contributed by atoms with Crippen LogP contribution in [0.4, 0.5) is 0 Å². The van der Waals surface area contributed by atoms with Gasteiger partial charge in [-0.1, -0.05) is 13.3 Å². The average molecular weight is 268 g/mol. The fraction of sp³-hybridized carbons (Fsp3) is 0.857. The van der Waals surface area contributed by atoms with Gasteiger partial charge in [0, 0.05) is 25.6 Å². The zero-order valence-electron chi connectivity index (χ0n) is 11.6. The number of hydrogen-bond donors (Lipinski definition) is 2. The van der Waals surface area contributed by atoms with Crippen molar-refractivity contribution in [1.29, 1.82) is 0 Å². The first-order valence-electron chi connectivity index (χ1n) is 7.32. The monoisotopic (exact) mass is 268 g/mol. The molecule has 0 aromatic heterocycles. The Balaban J connectivity index is 1.76. The molecular weight excluding hydrogens is 244 g/mol. The molecule has 3 unspecified atom stereocenters. The van der Waals surface area contributed by atoms with Gasteiger partial charge in [-0.3, -0.25) is 9.59 Å². The maximum atomic E-state index is 12.1. The zero-order valence-corrected chi connectivity index (χ0v) is 11.6. The Hall–Kier alpha value is -1.10. The van der Waals surface area contributed by atoms with Crippen molar-refractivity contribution in [2.75, 3.05) is 19.6 Å². The maximum Gasteiger partial charge on any atom is 0.308 e. The highest BCUT2D eigenvalue weighted by Crippen LogP contribution is 2.24. The van der Waals surface area contributed by atoms with Crippen LogP contribution in [0.3, 0.4) is 0 Å². The number of carboxylic acid groups (broad SMARTS) is 1. The highest BCUT2D eigenvalue weighted by molar-refractivity contribution is 5.79. The van der Waals surface area contributed by atoms with E-state index in [-0.39, 0.29) is 11.8 Å². The lowest BCUT2D eigenvalue weighted by molar-refractivity contribution is -0.142. The summed E-state index contributed by atoms with van der Waals surface area (Å²) in [6.07, 6.45) is 5.04. The van der Waals surface area contributed by atoms with E-state index in [1.807, 2.05) is 6.92 Å². The van der Waals surface area contributed by atoms with Crippen LogP contribution in [0.25, 0.3) is 0 Å². The molecule has 0 aliphatic carbocycles. The van der Waals surface area contributed by atoms with Crippen molar-refractivity contribution in [1.82, 2.24) is 10.2 Å². The van der Waals surface area contributed by atoms with Crippen LogP contribution in [-0.4, -0.2) is 47.6 Å². The van der Waals surface area contributed by atoms with E-state index in [0.717, 1.165) is 19.4 Å². The summed E-state index contributed by atoms with van der Waals surface area (Å²) >= 11 is 0. The van der Waals surface area contributed by atoms with Crippen LogP contribution in [0.15, 0.2) is 0 Å². The number of piperidine rings is 1. The van der Waals surface area contributed by atoms with Gasteiger partial charge in [0.1, 0.15) is 0 Å². The average Bonchev–Trinajstić information content (AvgIpc) is 2.79. The molecule has 0 aromatic carbocycles. The fourth-order valence-corrected chi connectivity index (χ4v) is 3.12. The summed E-state index contributed by atoms with van der Waals surface area (Å²) in [7, 11) is 0. The second kappa shape index (κ2) is 6.37. The molecule has 1 amide bonds. The number of likely N-dealkylation sites (tertiary alicyclic amines) is 1. The van der Waals surface area contributed by atoms with E-state index in [0.29, 0.717) is 25.6 Å². The number of aliphatic carboxylic acids is 1. The number of nitrogens with zero attached hydrogens (tertiary/aromatic N) is 1. The third-order valence-electron chi connectivity index (χ3n) is 4.40. The lowest BCUT2D eigenvalue weighted by Crippen LogP contribution is -2.36. The summed E-state index contributed by atoms with van der Waals surface area (Å²) in [6, 6.07) is 0.466. The first-order valence-corrected chi connectivity index (χ1v) is 7.32. The van der Waals surface area contributed by atoms with Gasteiger partial charge >= 0.3 is 5.97 Å². The highest BCUT2D eigenvalue weighted by Gasteiger charge is 2.36. The highest BCUT2D eigenvalue weighted by atomic mass is 16.4. The molecule has 0 spiro atoms. The van der Waals surface area contributed by atoms with Gasteiger partial charge in [0.25, 0.3) is 0 Å². The summed E-state index contributed by atoms with van der Waals surface area (Å²) in [6.45, 7) is 3.94. The number of carbonyl (C=O) groups excluding carboxylic acids is 1. The van der Waals surface area contributed by atoms with E-state index < -0.39 is 11.9 Å². The lowest BCUT2D eigenvalue weighted by atomic mass is 9.99. The minimum atomic E-state index is -0.781. The first kappa shape index (κ1) is 14.3. The van der Waals surface area contributed by atoms with Crippen LogP contribution in [0.1, 0.15) is 39.0 Å². The summed E-state index contributed by atoms with van der Waals surface area (Å²) < 4.78 is 0. The molecule has 3 atom stereocenters. The number of hydrogen-bond acceptors (Lipinski definition) is 3. The lowest BCUT2D eigenvalue weighted by Gasteiger charge is -2.24. The van der Waals surface area contributed by atoms with Crippen LogP contribution in [0, 0.1) is 11.8 Å². The van der Waals surface area contributed by atoms with Gasteiger partial charge in [-0.25, -0.2) is 0 Å². The Kier molecular flexibility index (Phi) is 4.80. The molecule has 5 heteroatoms. The molecule has 2 N–H and O–H groups in total. The number of carboxylic acids is 1. The number of amides is 1. The van der Waals surface area contributed by atoms with Gasteiger partial charge < -0.3 is 15.3 Å². The smallest absolute Gasteiger partial charge is 0.308 e. The van der Waals surface area contributed by atoms with Crippen LogP contribution in [-0.2, 0) is 9.59 Å². The van der Waals surface area contributed by atoms with Gasteiger partial charge in [0.2, 0.25) is 5.91 Å². The molecular formula is C14H24N2O3. The third-order valence-corrected chi connectivity index (χ3v) is 4.40.